The third kappa shape index (κ3) is 5.25. The van der Waals surface area contributed by atoms with E-state index in [1.54, 1.807) is 0 Å². The van der Waals surface area contributed by atoms with Gasteiger partial charge in [-0.15, -0.1) is 0 Å². The Morgan fingerprint density at radius 3 is 1.89 bits per heavy atom. The number of fused-ring (bicyclic) bond motifs is 9. The number of para-hydroxylation sites is 3. The summed E-state index contributed by atoms with van der Waals surface area (Å²) in [4.78, 5) is 2.47. The van der Waals surface area contributed by atoms with Gasteiger partial charge >= 0.3 is 0 Å². The first-order valence-electron chi connectivity index (χ1n) is 19.9. The fraction of sp³-hybridized carbons (Fsp3) is 0.0545. The lowest BCUT2D eigenvalue weighted by Crippen LogP contribution is -2.32. The van der Waals surface area contributed by atoms with E-state index in [-0.39, 0.29) is 5.92 Å². The van der Waals surface area contributed by atoms with Crippen LogP contribution in [0.25, 0.3) is 33.4 Å². The van der Waals surface area contributed by atoms with Gasteiger partial charge < -0.3 is 9.64 Å². The normalized spacial score (nSPS) is 16.9. The van der Waals surface area contributed by atoms with Crippen LogP contribution in [0.3, 0.4) is 0 Å². The molecule has 57 heavy (non-hydrogen) atoms. The zero-order chi connectivity index (χ0) is 37.8. The van der Waals surface area contributed by atoms with Gasteiger partial charge in [0, 0.05) is 39.7 Å². The van der Waals surface area contributed by atoms with E-state index in [9.17, 15) is 0 Å². The molecule has 8 aromatic rings. The van der Waals surface area contributed by atoms with E-state index in [0.717, 1.165) is 51.5 Å². The molecule has 1 heterocycles. The first kappa shape index (κ1) is 33.2. The summed E-state index contributed by atoms with van der Waals surface area (Å²) in [5.41, 5.74) is 16.1. The first-order valence-corrected chi connectivity index (χ1v) is 19.9. The fourth-order valence-corrected chi connectivity index (χ4v) is 9.57. The van der Waals surface area contributed by atoms with Gasteiger partial charge in [0.1, 0.15) is 11.5 Å². The largest absolute Gasteiger partial charge is 0.456 e. The quantitative estimate of drug-likeness (QED) is 0.169. The molecule has 0 saturated carbocycles. The minimum absolute atomic E-state index is 0.271. The highest BCUT2D eigenvalue weighted by Crippen LogP contribution is 2.64. The third-order valence-electron chi connectivity index (χ3n) is 12.1. The topological polar surface area (TPSA) is 12.5 Å². The molecule has 3 aliphatic rings. The maximum atomic E-state index is 7.00. The van der Waals surface area contributed by atoms with Gasteiger partial charge in [-0.25, -0.2) is 0 Å². The van der Waals surface area contributed by atoms with Crippen LogP contribution in [0.15, 0.2) is 218 Å². The molecule has 11 rings (SSSR count). The van der Waals surface area contributed by atoms with Crippen molar-refractivity contribution in [2.45, 2.75) is 17.8 Å². The van der Waals surface area contributed by atoms with E-state index in [1.807, 2.05) is 0 Å². The second-order valence-electron chi connectivity index (χ2n) is 15.1. The third-order valence-corrected chi connectivity index (χ3v) is 12.1. The summed E-state index contributed by atoms with van der Waals surface area (Å²) < 4.78 is 7.00. The summed E-state index contributed by atoms with van der Waals surface area (Å²) in [7, 11) is 0. The van der Waals surface area contributed by atoms with Crippen molar-refractivity contribution < 1.29 is 4.74 Å². The van der Waals surface area contributed by atoms with Crippen LogP contribution in [-0.4, -0.2) is 0 Å². The molecule has 8 aromatic carbocycles. The predicted molar refractivity (Wildman–Crippen MR) is 235 cm³/mol. The van der Waals surface area contributed by atoms with E-state index in [2.05, 4.69) is 223 Å². The maximum Gasteiger partial charge on any atom is 0.140 e. The van der Waals surface area contributed by atoms with Gasteiger partial charge in [-0.3, -0.25) is 0 Å². The van der Waals surface area contributed by atoms with Crippen molar-refractivity contribution in [3.8, 4) is 44.9 Å². The molecular formula is C55H39NO. The number of ether oxygens (including phenoxy) is 1. The van der Waals surface area contributed by atoms with Crippen LogP contribution in [0.4, 0.5) is 17.1 Å². The van der Waals surface area contributed by atoms with Crippen molar-refractivity contribution in [1.82, 2.24) is 0 Å². The highest BCUT2D eigenvalue weighted by molar-refractivity contribution is 5.93. The van der Waals surface area contributed by atoms with Crippen LogP contribution in [0.5, 0.6) is 11.5 Å². The highest BCUT2D eigenvalue weighted by Gasteiger charge is 2.51. The summed E-state index contributed by atoms with van der Waals surface area (Å²) in [5, 5.41) is 0. The van der Waals surface area contributed by atoms with Crippen LogP contribution in [0, 0.1) is 0 Å². The van der Waals surface area contributed by atoms with Crippen LogP contribution in [0.1, 0.15) is 40.2 Å². The molecule has 270 valence electrons. The Morgan fingerprint density at radius 1 is 0.456 bits per heavy atom. The lowest BCUT2D eigenvalue weighted by Gasteiger charge is -2.40. The Labute approximate surface area is 334 Å². The summed E-state index contributed by atoms with van der Waals surface area (Å²) >= 11 is 0. The van der Waals surface area contributed by atoms with Gasteiger partial charge in [-0.1, -0.05) is 182 Å². The van der Waals surface area contributed by atoms with E-state index < -0.39 is 5.41 Å². The molecule has 0 radical (unpaired) electrons. The maximum absolute atomic E-state index is 7.00. The molecule has 2 heteroatoms. The second-order valence-corrected chi connectivity index (χ2v) is 15.1. The molecule has 0 N–H and O–H groups in total. The second kappa shape index (κ2) is 13.5. The van der Waals surface area contributed by atoms with Gasteiger partial charge in [0.25, 0.3) is 0 Å². The zero-order valence-corrected chi connectivity index (χ0v) is 31.4. The van der Waals surface area contributed by atoms with E-state index in [1.165, 1.54) is 44.6 Å². The van der Waals surface area contributed by atoms with Crippen LogP contribution < -0.4 is 9.64 Å². The highest BCUT2D eigenvalue weighted by atomic mass is 16.5. The monoisotopic (exact) mass is 729 g/mol. The molecule has 0 amide bonds. The Bertz CT molecular complexity index is 2850. The van der Waals surface area contributed by atoms with Gasteiger partial charge in [0.05, 0.1) is 5.41 Å². The number of hydrogen-bond donors (Lipinski definition) is 0. The molecule has 1 aliphatic heterocycles. The Kier molecular flexibility index (Phi) is 7.89. The summed E-state index contributed by atoms with van der Waals surface area (Å²) in [6, 6.07) is 70.7. The number of nitrogens with zero attached hydrogens (tertiary/aromatic N) is 1. The average molecular weight is 730 g/mol. The number of hydrogen-bond acceptors (Lipinski definition) is 2. The number of benzene rings is 8. The minimum Gasteiger partial charge on any atom is -0.456 e. The summed E-state index contributed by atoms with van der Waals surface area (Å²) in [6.45, 7) is 0. The summed E-state index contributed by atoms with van der Waals surface area (Å²) in [5.74, 6) is 2.07. The Morgan fingerprint density at radius 2 is 1.09 bits per heavy atom. The van der Waals surface area contributed by atoms with E-state index in [4.69, 9.17) is 4.74 Å². The molecule has 1 spiro atoms. The Balaban J connectivity index is 1.17. The van der Waals surface area contributed by atoms with Gasteiger partial charge in [-0.2, -0.15) is 0 Å². The SMILES string of the molecule is C1=CCC(c2ccccc2N(c2ccc(-c3ccccc3)cc2)c2ccc3c(c2)C2(c4ccccc4Oc4c(-c5ccccc5)cccc42)c2ccccc2-3)C=C1. The van der Waals surface area contributed by atoms with Crippen molar-refractivity contribution in [2.75, 3.05) is 4.90 Å². The molecule has 0 aromatic heterocycles. The molecule has 0 fully saturated rings. The van der Waals surface area contributed by atoms with Crippen molar-refractivity contribution in [3.63, 3.8) is 0 Å². The van der Waals surface area contributed by atoms with Crippen LogP contribution >= 0.6 is 0 Å². The zero-order valence-electron chi connectivity index (χ0n) is 31.4. The Hall–Kier alpha value is -7.16. The number of anilines is 3. The van der Waals surface area contributed by atoms with Crippen molar-refractivity contribution in [2.24, 2.45) is 0 Å². The van der Waals surface area contributed by atoms with Crippen molar-refractivity contribution in [3.05, 3.63) is 246 Å². The number of allylic oxidation sites excluding steroid dienone is 4. The van der Waals surface area contributed by atoms with E-state index in [0.29, 0.717) is 0 Å². The van der Waals surface area contributed by atoms with Crippen molar-refractivity contribution in [1.29, 1.82) is 0 Å². The van der Waals surface area contributed by atoms with Crippen molar-refractivity contribution >= 4 is 17.1 Å². The molecule has 2 aliphatic carbocycles. The average Bonchev–Trinajstić information content (AvgIpc) is 3.57. The lowest BCUT2D eigenvalue weighted by molar-refractivity contribution is 0.438. The fourth-order valence-electron chi connectivity index (χ4n) is 9.57. The molecule has 0 bridgehead atoms. The van der Waals surface area contributed by atoms with Gasteiger partial charge in [0.2, 0.25) is 0 Å². The standard InChI is InChI=1S/C55H39NO/c1-4-17-38(18-5-1)39-31-33-42(34-32-39)56(52-29-14-11-23-44(52)40-19-6-2-7-20-40)43-35-36-47-46-24-10-12-26-48(46)55(51(47)37-43)49-27-13-15-30-53(49)57-54-45(25-16-28-50(54)55)41-21-8-3-9-22-41/h1-19,21-37,40H,20H2. The van der Waals surface area contributed by atoms with Crippen LogP contribution in [0.2, 0.25) is 0 Å². The van der Waals surface area contributed by atoms with Gasteiger partial charge in [-0.05, 0) is 87.3 Å². The predicted octanol–water partition coefficient (Wildman–Crippen LogP) is 14.6. The molecule has 2 atom stereocenters. The molecule has 0 saturated heterocycles. The number of rotatable bonds is 6. The van der Waals surface area contributed by atoms with E-state index >= 15 is 0 Å². The van der Waals surface area contributed by atoms with Gasteiger partial charge in [0.15, 0.2) is 0 Å². The molecular weight excluding hydrogens is 691 g/mol. The molecule has 2 nitrogen and oxygen atoms in total. The smallest absolute Gasteiger partial charge is 0.140 e. The minimum atomic E-state index is -0.615. The molecule has 2 unspecified atom stereocenters. The summed E-state index contributed by atoms with van der Waals surface area (Å²) in [6.07, 6.45) is 9.92. The van der Waals surface area contributed by atoms with Crippen LogP contribution in [-0.2, 0) is 5.41 Å². The first-order chi connectivity index (χ1) is 28.3. The lowest BCUT2D eigenvalue weighted by atomic mass is 9.65.